The number of esters is 1. The van der Waals surface area contributed by atoms with E-state index in [-0.39, 0.29) is 18.2 Å². The molecule has 1 aliphatic heterocycles. The van der Waals surface area contributed by atoms with E-state index in [9.17, 15) is 9.59 Å². The van der Waals surface area contributed by atoms with Gasteiger partial charge in [0.2, 0.25) is 0 Å². The minimum Gasteiger partial charge on any atom is -0.466 e. The molecule has 84 valence electrons. The monoisotopic (exact) mass is 212 g/mol. The summed E-state index contributed by atoms with van der Waals surface area (Å²) in [6.07, 6.45) is 7.14. The molecule has 0 spiro atoms. The van der Waals surface area contributed by atoms with Crippen LogP contribution in [0.3, 0.4) is 0 Å². The molecule has 1 heterocycles. The molecule has 1 aliphatic rings. The average molecular weight is 212 g/mol. The molecule has 1 fully saturated rings. The topological polar surface area (TPSA) is 55.9 Å². The molecule has 2 atom stereocenters. The summed E-state index contributed by atoms with van der Waals surface area (Å²) in [6, 6.07) is 0. The SMILES string of the molecule is CC(=O)OCCCCC1OC1/C=C/C=O. The maximum absolute atomic E-state index is 10.4. The van der Waals surface area contributed by atoms with Gasteiger partial charge in [-0.3, -0.25) is 9.59 Å². The van der Waals surface area contributed by atoms with Crippen LogP contribution in [0.4, 0.5) is 0 Å². The first-order valence-corrected chi connectivity index (χ1v) is 5.15. The number of rotatable bonds is 7. The molecule has 0 radical (unpaired) electrons. The van der Waals surface area contributed by atoms with E-state index in [0.717, 1.165) is 25.5 Å². The summed E-state index contributed by atoms with van der Waals surface area (Å²) in [6.45, 7) is 1.89. The second-order valence-electron chi connectivity index (χ2n) is 3.50. The van der Waals surface area contributed by atoms with Crippen molar-refractivity contribution in [3.63, 3.8) is 0 Å². The lowest BCUT2D eigenvalue weighted by atomic mass is 10.1. The highest BCUT2D eigenvalue weighted by molar-refractivity contribution is 5.65. The molecular weight excluding hydrogens is 196 g/mol. The van der Waals surface area contributed by atoms with Crippen LogP contribution < -0.4 is 0 Å². The van der Waals surface area contributed by atoms with E-state index in [1.807, 2.05) is 0 Å². The minimum atomic E-state index is -0.232. The van der Waals surface area contributed by atoms with Crippen LogP contribution in [0.1, 0.15) is 26.2 Å². The first-order valence-electron chi connectivity index (χ1n) is 5.15. The second kappa shape index (κ2) is 6.35. The first-order chi connectivity index (χ1) is 7.24. The Labute approximate surface area is 89.2 Å². The van der Waals surface area contributed by atoms with Crippen molar-refractivity contribution in [3.05, 3.63) is 12.2 Å². The number of aldehydes is 1. The summed E-state index contributed by atoms with van der Waals surface area (Å²) in [5.41, 5.74) is 0. The second-order valence-corrected chi connectivity index (χ2v) is 3.50. The maximum atomic E-state index is 10.4. The van der Waals surface area contributed by atoms with Gasteiger partial charge in [0, 0.05) is 6.92 Å². The van der Waals surface area contributed by atoms with E-state index in [1.165, 1.54) is 13.0 Å². The fourth-order valence-electron chi connectivity index (χ4n) is 1.38. The molecule has 0 aromatic carbocycles. The zero-order valence-corrected chi connectivity index (χ0v) is 8.85. The van der Waals surface area contributed by atoms with Gasteiger partial charge in [0.05, 0.1) is 12.7 Å². The molecular formula is C11H16O4. The van der Waals surface area contributed by atoms with Gasteiger partial charge in [-0.2, -0.15) is 0 Å². The van der Waals surface area contributed by atoms with Gasteiger partial charge in [-0.15, -0.1) is 0 Å². The summed E-state index contributed by atoms with van der Waals surface area (Å²) in [5.74, 6) is -0.232. The van der Waals surface area contributed by atoms with Crippen LogP contribution in [0.25, 0.3) is 0 Å². The van der Waals surface area contributed by atoms with Crippen LogP contribution in [-0.2, 0) is 19.1 Å². The number of ether oxygens (including phenoxy) is 2. The Morgan fingerprint density at radius 2 is 2.27 bits per heavy atom. The molecule has 2 unspecified atom stereocenters. The van der Waals surface area contributed by atoms with Gasteiger partial charge in [0.1, 0.15) is 12.4 Å². The van der Waals surface area contributed by atoms with E-state index in [0.29, 0.717) is 6.61 Å². The Morgan fingerprint density at radius 3 is 2.93 bits per heavy atom. The third-order valence-electron chi connectivity index (χ3n) is 2.19. The van der Waals surface area contributed by atoms with Crippen molar-refractivity contribution in [1.82, 2.24) is 0 Å². The number of hydrogen-bond donors (Lipinski definition) is 0. The van der Waals surface area contributed by atoms with Gasteiger partial charge in [-0.05, 0) is 25.3 Å². The van der Waals surface area contributed by atoms with Gasteiger partial charge < -0.3 is 9.47 Å². The van der Waals surface area contributed by atoms with Crippen LogP contribution in [0.5, 0.6) is 0 Å². The molecule has 0 aromatic heterocycles. The molecule has 4 nitrogen and oxygen atoms in total. The molecule has 0 aliphatic carbocycles. The number of carbonyl (C=O) groups excluding carboxylic acids is 2. The molecule has 0 bridgehead atoms. The van der Waals surface area contributed by atoms with Crippen LogP contribution in [0.2, 0.25) is 0 Å². The maximum Gasteiger partial charge on any atom is 0.302 e. The summed E-state index contributed by atoms with van der Waals surface area (Å²) < 4.78 is 10.1. The Bertz CT molecular complexity index is 247. The highest BCUT2D eigenvalue weighted by atomic mass is 16.6. The van der Waals surface area contributed by atoms with Crippen molar-refractivity contribution in [2.24, 2.45) is 0 Å². The van der Waals surface area contributed by atoms with Crippen molar-refractivity contribution < 1.29 is 19.1 Å². The van der Waals surface area contributed by atoms with Gasteiger partial charge in [0.15, 0.2) is 0 Å². The quantitative estimate of drug-likeness (QED) is 0.209. The van der Waals surface area contributed by atoms with E-state index in [2.05, 4.69) is 0 Å². The van der Waals surface area contributed by atoms with Crippen LogP contribution in [0.15, 0.2) is 12.2 Å². The predicted molar refractivity (Wildman–Crippen MR) is 54.3 cm³/mol. The van der Waals surface area contributed by atoms with E-state index in [4.69, 9.17) is 9.47 Å². The van der Waals surface area contributed by atoms with Crippen molar-refractivity contribution >= 4 is 12.3 Å². The molecule has 1 saturated heterocycles. The summed E-state index contributed by atoms with van der Waals surface area (Å²) in [7, 11) is 0. The predicted octanol–water partition coefficient (Wildman–Crippen LogP) is 1.24. The molecule has 1 rings (SSSR count). The van der Waals surface area contributed by atoms with Crippen LogP contribution >= 0.6 is 0 Å². The van der Waals surface area contributed by atoms with Crippen molar-refractivity contribution in [3.8, 4) is 0 Å². The summed E-state index contributed by atoms with van der Waals surface area (Å²) in [4.78, 5) is 20.5. The third-order valence-corrected chi connectivity index (χ3v) is 2.19. The lowest BCUT2D eigenvalue weighted by Gasteiger charge is -1.99. The standard InChI is InChI=1S/C11H16O4/c1-9(13)14-8-3-2-5-10-11(15-10)6-4-7-12/h4,6-7,10-11H,2-3,5,8H2,1H3/b6-4+. The van der Waals surface area contributed by atoms with Gasteiger partial charge in [-0.1, -0.05) is 6.08 Å². The fourth-order valence-corrected chi connectivity index (χ4v) is 1.38. The highest BCUT2D eigenvalue weighted by Crippen LogP contribution is 2.27. The largest absolute Gasteiger partial charge is 0.466 e. The van der Waals surface area contributed by atoms with E-state index < -0.39 is 0 Å². The summed E-state index contributed by atoms with van der Waals surface area (Å²) in [5, 5.41) is 0. The van der Waals surface area contributed by atoms with E-state index >= 15 is 0 Å². The smallest absolute Gasteiger partial charge is 0.302 e. The van der Waals surface area contributed by atoms with Crippen LogP contribution in [-0.4, -0.2) is 31.1 Å². The highest BCUT2D eigenvalue weighted by Gasteiger charge is 2.35. The number of unbranched alkanes of at least 4 members (excludes halogenated alkanes) is 1. The van der Waals surface area contributed by atoms with Gasteiger partial charge in [-0.25, -0.2) is 0 Å². The normalized spacial score (nSPS) is 24.1. The zero-order valence-electron chi connectivity index (χ0n) is 8.85. The fraction of sp³-hybridized carbons (Fsp3) is 0.636. The van der Waals surface area contributed by atoms with Crippen molar-refractivity contribution in [1.29, 1.82) is 0 Å². The third kappa shape index (κ3) is 5.32. The molecule has 15 heavy (non-hydrogen) atoms. The first kappa shape index (κ1) is 11.9. The zero-order chi connectivity index (χ0) is 11.1. The molecule has 4 heteroatoms. The Morgan fingerprint density at radius 1 is 1.47 bits per heavy atom. The number of hydrogen-bond acceptors (Lipinski definition) is 4. The molecule has 0 saturated carbocycles. The lowest BCUT2D eigenvalue weighted by molar-refractivity contribution is -0.141. The van der Waals surface area contributed by atoms with Crippen molar-refractivity contribution in [2.75, 3.05) is 6.61 Å². The van der Waals surface area contributed by atoms with Crippen LogP contribution in [0, 0.1) is 0 Å². The Kier molecular flexibility index (Phi) is 5.04. The Balaban J connectivity index is 1.92. The average Bonchev–Trinajstić information content (AvgIpc) is 2.93. The lowest BCUT2D eigenvalue weighted by Crippen LogP contribution is -2.01. The van der Waals surface area contributed by atoms with Gasteiger partial charge in [0.25, 0.3) is 0 Å². The molecule has 0 aromatic rings. The number of allylic oxidation sites excluding steroid dienone is 1. The van der Waals surface area contributed by atoms with Crippen molar-refractivity contribution in [2.45, 2.75) is 38.4 Å². The van der Waals surface area contributed by atoms with E-state index in [1.54, 1.807) is 6.08 Å². The molecule has 0 amide bonds. The number of epoxide rings is 1. The number of carbonyl (C=O) groups is 2. The Hall–Kier alpha value is -1.16. The minimum absolute atomic E-state index is 0.115. The molecule has 0 N–H and O–H groups in total. The summed E-state index contributed by atoms with van der Waals surface area (Å²) >= 11 is 0. The van der Waals surface area contributed by atoms with Gasteiger partial charge >= 0.3 is 5.97 Å².